The molecule has 0 aliphatic carbocycles. The molecule has 0 aromatic heterocycles. The zero-order valence-corrected chi connectivity index (χ0v) is 35.4. The van der Waals surface area contributed by atoms with Crippen LogP contribution in [0, 0.1) is 10.1 Å². The van der Waals surface area contributed by atoms with E-state index in [0.29, 0.717) is 0 Å². The molecule has 7 rings (SSSR count). The third-order valence-electron chi connectivity index (χ3n) is 10.4. The Labute approximate surface area is 381 Å². The predicted octanol–water partition coefficient (Wildman–Crippen LogP) is 4.63. The molecule has 348 valence electrons. The second kappa shape index (κ2) is 22.1. The molecule has 0 bridgehead atoms. The van der Waals surface area contributed by atoms with Gasteiger partial charge in [0, 0.05) is 19.1 Å². The van der Waals surface area contributed by atoms with Gasteiger partial charge in [0.2, 0.25) is 6.29 Å². The Morgan fingerprint density at radius 2 is 0.955 bits per heavy atom. The van der Waals surface area contributed by atoms with E-state index >= 15 is 0 Å². The minimum Gasteiger partial charge on any atom is -0.462 e. The molecule has 0 amide bonds. The molecule has 0 radical (unpaired) electrons. The van der Waals surface area contributed by atoms with E-state index in [4.69, 9.17) is 42.6 Å². The lowest BCUT2D eigenvalue weighted by molar-refractivity contribution is -0.384. The number of non-ortho nitro benzene ring substituents is 1. The van der Waals surface area contributed by atoms with Crippen LogP contribution in [0.3, 0.4) is 0 Å². The third-order valence-corrected chi connectivity index (χ3v) is 10.4. The van der Waals surface area contributed by atoms with Crippen molar-refractivity contribution in [2.24, 2.45) is 0 Å². The lowest BCUT2D eigenvalue weighted by atomic mass is 9.97. The van der Waals surface area contributed by atoms with Crippen molar-refractivity contribution in [3.05, 3.63) is 178 Å². The minimum atomic E-state index is -1.88. The fraction of sp³-hybridized carbons (Fsp3) is 0.271. The van der Waals surface area contributed by atoms with Gasteiger partial charge in [0.05, 0.1) is 33.8 Å². The highest BCUT2D eigenvalue weighted by atomic mass is 16.8. The van der Waals surface area contributed by atoms with E-state index in [1.54, 1.807) is 72.8 Å². The van der Waals surface area contributed by atoms with Crippen LogP contribution in [0.25, 0.3) is 0 Å². The van der Waals surface area contributed by atoms with E-state index < -0.39 is 109 Å². The first-order chi connectivity index (χ1) is 32.4. The fourth-order valence-corrected chi connectivity index (χ4v) is 7.11. The maximum Gasteiger partial charge on any atom is 0.338 e. The maximum atomic E-state index is 14.0. The first kappa shape index (κ1) is 47.4. The van der Waals surface area contributed by atoms with Crippen molar-refractivity contribution in [2.45, 2.75) is 68.3 Å². The molecule has 10 atom stereocenters. The Hall–Kier alpha value is -7.55. The van der Waals surface area contributed by atoms with Gasteiger partial charge in [-0.1, -0.05) is 72.8 Å². The Balaban J connectivity index is 1.26. The number of esters is 5. The van der Waals surface area contributed by atoms with Crippen molar-refractivity contribution in [1.82, 2.24) is 0 Å². The molecule has 2 saturated heterocycles. The second-order valence-corrected chi connectivity index (χ2v) is 15.0. The monoisotopic (exact) mass is 921 g/mol. The number of rotatable bonds is 16. The Morgan fingerprint density at radius 1 is 0.522 bits per heavy atom. The molecular formula is C48H43NO18. The van der Waals surface area contributed by atoms with E-state index in [9.17, 15) is 44.3 Å². The minimum absolute atomic E-state index is 0.0111. The van der Waals surface area contributed by atoms with Crippen LogP contribution in [-0.2, 0) is 42.7 Å². The largest absolute Gasteiger partial charge is 0.462 e. The van der Waals surface area contributed by atoms with Crippen molar-refractivity contribution in [2.75, 3.05) is 13.2 Å². The van der Waals surface area contributed by atoms with Gasteiger partial charge in [-0.2, -0.15) is 0 Å². The highest BCUT2D eigenvalue weighted by molar-refractivity contribution is 5.91. The Bertz CT molecular complexity index is 2480. The number of hydrogen-bond donors (Lipinski definition) is 2. The molecule has 2 fully saturated rings. The van der Waals surface area contributed by atoms with E-state index in [0.717, 1.165) is 19.1 Å². The Morgan fingerprint density at radius 3 is 1.43 bits per heavy atom. The molecular weight excluding hydrogens is 879 g/mol. The maximum absolute atomic E-state index is 14.0. The zero-order chi connectivity index (χ0) is 47.5. The zero-order valence-electron chi connectivity index (χ0n) is 35.4. The highest BCUT2D eigenvalue weighted by Crippen LogP contribution is 2.34. The standard InChI is InChI=1S/C48H43NO18/c1-28(50)61-39-35(63-47(38(52)37(39)51)62-34-24-22-33(23-25-34)49(57)58)27-60-48-42(67-46(56)32-20-12-5-13-21-32)41(66-45(55)31-18-10-4-11-19-31)40(65-44(54)30-16-8-3-9-17-30)36(64-48)26-59-43(53)29-14-6-2-7-15-29/h2-25,35-42,47-48,51-52H,26-27H2,1H3/t35-,36-,37-,38+,39-,40-,41+,42+,47+,48+/m1/s1. The first-order valence-electron chi connectivity index (χ1n) is 20.7. The molecule has 0 saturated carbocycles. The SMILES string of the molecule is CC(=O)O[C@H]1[C@H](O)[C@H](O)[C@@H](Oc2ccc([N+](=O)[O-])cc2)O[C@@H]1CO[C@H]1O[C@H](COC(=O)c2ccccc2)[C@@H](OC(=O)c2ccccc2)[C@H](OC(=O)c2ccccc2)[C@@H]1OC(=O)c1ccccc1. The van der Waals surface area contributed by atoms with E-state index in [1.807, 2.05) is 0 Å². The molecule has 19 nitrogen and oxygen atoms in total. The number of ether oxygens (including phenoxy) is 9. The number of aliphatic hydroxyl groups is 2. The lowest BCUT2D eigenvalue weighted by Crippen LogP contribution is -2.64. The molecule has 2 heterocycles. The van der Waals surface area contributed by atoms with Gasteiger partial charge >= 0.3 is 29.8 Å². The van der Waals surface area contributed by atoms with Crippen molar-refractivity contribution in [1.29, 1.82) is 0 Å². The van der Waals surface area contributed by atoms with Gasteiger partial charge in [-0.05, 0) is 60.7 Å². The average molecular weight is 922 g/mol. The predicted molar refractivity (Wildman–Crippen MR) is 228 cm³/mol. The topological polar surface area (TPSA) is 252 Å². The van der Waals surface area contributed by atoms with Crippen LogP contribution in [0.1, 0.15) is 48.4 Å². The summed E-state index contributed by atoms with van der Waals surface area (Å²) in [5.41, 5.74) is 0.0600. The summed E-state index contributed by atoms with van der Waals surface area (Å²) < 4.78 is 53.7. The summed E-state index contributed by atoms with van der Waals surface area (Å²) in [5, 5.41) is 33.6. The van der Waals surface area contributed by atoms with Crippen LogP contribution in [0.2, 0.25) is 0 Å². The average Bonchev–Trinajstić information content (AvgIpc) is 3.35. The fourth-order valence-electron chi connectivity index (χ4n) is 7.11. The van der Waals surface area contributed by atoms with Crippen LogP contribution >= 0.6 is 0 Å². The molecule has 2 aliphatic heterocycles. The lowest BCUT2D eigenvalue weighted by Gasteiger charge is -2.45. The molecule has 67 heavy (non-hydrogen) atoms. The number of benzene rings is 5. The summed E-state index contributed by atoms with van der Waals surface area (Å²) in [5.74, 6) is -4.55. The number of carbonyl (C=O) groups is 5. The second-order valence-electron chi connectivity index (χ2n) is 15.0. The first-order valence-corrected chi connectivity index (χ1v) is 20.7. The van der Waals surface area contributed by atoms with Crippen LogP contribution in [0.4, 0.5) is 5.69 Å². The molecule has 5 aromatic rings. The number of nitrogens with zero attached hydrogens (tertiary/aromatic N) is 1. The van der Waals surface area contributed by atoms with Gasteiger partial charge in [-0.3, -0.25) is 14.9 Å². The van der Waals surface area contributed by atoms with E-state index in [1.165, 1.54) is 60.7 Å². The number of hydrogen-bond acceptors (Lipinski definition) is 18. The van der Waals surface area contributed by atoms with Crippen molar-refractivity contribution >= 4 is 35.5 Å². The third kappa shape index (κ3) is 12.0. The summed E-state index contributed by atoms with van der Waals surface area (Å²) in [6.07, 6.45) is -17.2. The number of carbonyl (C=O) groups excluding carboxylic acids is 5. The van der Waals surface area contributed by atoms with Crippen LogP contribution in [0.15, 0.2) is 146 Å². The summed E-state index contributed by atoms with van der Waals surface area (Å²) >= 11 is 0. The summed E-state index contributed by atoms with van der Waals surface area (Å²) in [6, 6.07) is 35.8. The number of nitro benzene ring substituents is 1. The summed E-state index contributed by atoms with van der Waals surface area (Å²) in [7, 11) is 0. The van der Waals surface area contributed by atoms with Gasteiger partial charge in [0.1, 0.15) is 36.8 Å². The van der Waals surface area contributed by atoms with Gasteiger partial charge < -0.3 is 52.8 Å². The summed E-state index contributed by atoms with van der Waals surface area (Å²) in [4.78, 5) is 78.1. The number of nitro groups is 1. The Kier molecular flexibility index (Phi) is 15.6. The quantitative estimate of drug-likeness (QED) is 0.0592. The number of aliphatic hydroxyl groups excluding tert-OH is 2. The van der Waals surface area contributed by atoms with Gasteiger partial charge in [-0.15, -0.1) is 0 Å². The van der Waals surface area contributed by atoms with Crippen LogP contribution in [0.5, 0.6) is 5.75 Å². The molecule has 0 spiro atoms. The molecule has 2 aliphatic rings. The van der Waals surface area contributed by atoms with E-state index in [2.05, 4.69) is 0 Å². The highest BCUT2D eigenvalue weighted by Gasteiger charge is 2.55. The van der Waals surface area contributed by atoms with Gasteiger partial charge in [-0.25, -0.2) is 19.2 Å². The van der Waals surface area contributed by atoms with Crippen LogP contribution < -0.4 is 4.74 Å². The van der Waals surface area contributed by atoms with Gasteiger partial charge in [0.25, 0.3) is 5.69 Å². The van der Waals surface area contributed by atoms with Crippen LogP contribution in [-0.4, -0.2) is 120 Å². The van der Waals surface area contributed by atoms with Crippen molar-refractivity contribution in [3.8, 4) is 5.75 Å². The smallest absolute Gasteiger partial charge is 0.338 e. The molecule has 0 unspecified atom stereocenters. The molecule has 19 heteroatoms. The van der Waals surface area contributed by atoms with Crippen molar-refractivity contribution < 1.29 is 81.7 Å². The normalized spacial score (nSPS) is 24.5. The van der Waals surface area contributed by atoms with Crippen molar-refractivity contribution in [3.63, 3.8) is 0 Å². The molecule has 2 N–H and O–H groups in total. The van der Waals surface area contributed by atoms with Gasteiger partial charge in [0.15, 0.2) is 30.7 Å². The van der Waals surface area contributed by atoms with E-state index in [-0.39, 0.29) is 33.7 Å². The summed E-state index contributed by atoms with van der Waals surface area (Å²) in [6.45, 7) is -0.328. The molecule has 5 aromatic carbocycles.